The molecule has 0 spiro atoms. The number of amides is 2. The highest BCUT2D eigenvalue weighted by atomic mass is 35.5. The Labute approximate surface area is 203 Å². The van der Waals surface area contributed by atoms with Crippen LogP contribution in [0.15, 0.2) is 77.8 Å². The van der Waals surface area contributed by atoms with E-state index < -0.39 is 24.5 Å². The van der Waals surface area contributed by atoms with Crippen LogP contribution in [0.4, 0.5) is 18.9 Å². The van der Waals surface area contributed by atoms with Gasteiger partial charge in [0.15, 0.2) is 0 Å². The number of aliphatic imine (C=N–C) groups is 1. The quantitative estimate of drug-likeness (QED) is 0.506. The third kappa shape index (κ3) is 6.59. The Morgan fingerprint density at radius 3 is 2.15 bits per heavy atom. The van der Waals surface area contributed by atoms with Crippen LogP contribution in [0.5, 0.6) is 0 Å². The highest BCUT2D eigenvalue weighted by Gasteiger charge is 2.36. The molecule has 0 radical (unpaired) electrons. The summed E-state index contributed by atoms with van der Waals surface area (Å²) in [7, 11) is 0. The number of alkyl halides is 3. The first-order valence-corrected chi connectivity index (χ1v) is 10.6. The van der Waals surface area contributed by atoms with Crippen LogP contribution in [0.2, 0.25) is 10.0 Å². The second-order valence-corrected chi connectivity index (χ2v) is 8.04. The van der Waals surface area contributed by atoms with Gasteiger partial charge in [-0.25, -0.2) is 0 Å². The number of hydrogen-bond donors (Lipinski definition) is 1. The van der Waals surface area contributed by atoms with Gasteiger partial charge in [0, 0.05) is 26.7 Å². The zero-order chi connectivity index (χ0) is 24.9. The van der Waals surface area contributed by atoms with Gasteiger partial charge in [0.25, 0.3) is 0 Å². The van der Waals surface area contributed by atoms with Crippen LogP contribution in [0.1, 0.15) is 21.5 Å². The molecule has 3 aromatic rings. The average molecular weight is 508 g/mol. The van der Waals surface area contributed by atoms with Crippen molar-refractivity contribution in [2.24, 2.45) is 10.7 Å². The summed E-state index contributed by atoms with van der Waals surface area (Å²) in [6.07, 6.45) is -4.47. The fourth-order valence-electron chi connectivity index (χ4n) is 3.25. The molecule has 34 heavy (non-hydrogen) atoms. The maximum atomic E-state index is 12.8. The maximum Gasteiger partial charge on any atom is 0.406 e. The summed E-state index contributed by atoms with van der Waals surface area (Å²) in [6, 6.07) is 20.1. The van der Waals surface area contributed by atoms with Gasteiger partial charge in [0.05, 0.1) is 11.4 Å². The number of primary amides is 1. The molecule has 0 bridgehead atoms. The molecule has 0 unspecified atom stereocenters. The van der Waals surface area contributed by atoms with Crippen LogP contribution in [-0.4, -0.2) is 36.8 Å². The van der Waals surface area contributed by atoms with Gasteiger partial charge in [0.2, 0.25) is 11.8 Å². The van der Waals surface area contributed by atoms with Gasteiger partial charge in [-0.05, 0) is 24.3 Å². The van der Waals surface area contributed by atoms with Gasteiger partial charge in [-0.15, -0.1) is 0 Å². The average Bonchev–Trinajstić information content (AvgIpc) is 2.90. The van der Waals surface area contributed by atoms with Crippen molar-refractivity contribution in [1.29, 1.82) is 0 Å². The number of nitrogens with two attached hydrogens (primary N) is 1. The minimum atomic E-state index is -4.47. The smallest absolute Gasteiger partial charge is 0.366 e. The van der Waals surface area contributed by atoms with Gasteiger partial charge in [-0.3, -0.25) is 14.6 Å². The van der Waals surface area contributed by atoms with E-state index >= 15 is 0 Å². The van der Waals surface area contributed by atoms with Crippen molar-refractivity contribution in [3.05, 3.63) is 99.5 Å². The summed E-state index contributed by atoms with van der Waals surface area (Å²) in [4.78, 5) is 27.8. The SMILES string of the molecule is NC(=O)c1cc(Cl)cc(Cl)c1.O=C1CN=C(c2ccccc2)c2ccccc2N1CC(F)(F)F. The van der Waals surface area contributed by atoms with Crippen molar-refractivity contribution in [2.75, 3.05) is 18.0 Å². The number of carbonyl (C=O) groups is 2. The topological polar surface area (TPSA) is 75.8 Å². The van der Waals surface area contributed by atoms with Gasteiger partial charge in [-0.2, -0.15) is 13.2 Å². The van der Waals surface area contributed by atoms with E-state index in [1.165, 1.54) is 24.3 Å². The lowest BCUT2D eigenvalue weighted by Crippen LogP contribution is -2.40. The highest BCUT2D eigenvalue weighted by Crippen LogP contribution is 2.29. The second-order valence-electron chi connectivity index (χ2n) is 7.17. The number of benzene rings is 3. The lowest BCUT2D eigenvalue weighted by molar-refractivity contribution is -0.131. The molecule has 0 saturated heterocycles. The molecule has 0 aliphatic carbocycles. The molecule has 2 amide bonds. The van der Waals surface area contributed by atoms with Crippen LogP contribution >= 0.6 is 23.2 Å². The molecule has 2 N–H and O–H groups in total. The van der Waals surface area contributed by atoms with Gasteiger partial charge in [-0.1, -0.05) is 71.7 Å². The standard InChI is InChI=1S/C17H13F3N2O.C7H5Cl2NO/c18-17(19,20)11-22-14-9-5-4-8-13(14)16(21-10-15(22)23)12-6-2-1-3-7-12;8-5-1-4(7(10)11)2-6(9)3-5/h1-9H,10-11H2;1-3H,(H2,10,11). The van der Waals surface area contributed by atoms with Crippen molar-refractivity contribution in [3.8, 4) is 0 Å². The molecule has 5 nitrogen and oxygen atoms in total. The Kier molecular flexibility index (Phi) is 7.96. The van der Waals surface area contributed by atoms with E-state index in [9.17, 15) is 22.8 Å². The number of fused-ring (bicyclic) bond motifs is 1. The van der Waals surface area contributed by atoms with E-state index in [0.29, 0.717) is 26.9 Å². The third-order valence-corrected chi connectivity index (χ3v) is 5.09. The number of halogens is 5. The zero-order valence-electron chi connectivity index (χ0n) is 17.5. The van der Waals surface area contributed by atoms with Crippen molar-refractivity contribution < 1.29 is 22.8 Å². The fourth-order valence-corrected chi connectivity index (χ4v) is 3.78. The van der Waals surface area contributed by atoms with Crippen LogP contribution < -0.4 is 10.6 Å². The molecule has 176 valence electrons. The van der Waals surface area contributed by atoms with E-state index in [-0.39, 0.29) is 12.2 Å². The molecule has 4 rings (SSSR count). The van der Waals surface area contributed by atoms with E-state index in [2.05, 4.69) is 4.99 Å². The monoisotopic (exact) mass is 507 g/mol. The van der Waals surface area contributed by atoms with Crippen molar-refractivity contribution in [2.45, 2.75) is 6.18 Å². The summed E-state index contributed by atoms with van der Waals surface area (Å²) < 4.78 is 38.5. The van der Waals surface area contributed by atoms with E-state index in [1.807, 2.05) is 30.3 Å². The fraction of sp³-hybridized carbons (Fsp3) is 0.125. The van der Waals surface area contributed by atoms with Crippen molar-refractivity contribution in [3.63, 3.8) is 0 Å². The van der Waals surface area contributed by atoms with Gasteiger partial charge in [0.1, 0.15) is 13.1 Å². The van der Waals surface area contributed by atoms with E-state index in [4.69, 9.17) is 28.9 Å². The summed E-state index contributed by atoms with van der Waals surface area (Å²) in [6.45, 7) is -1.63. The minimum absolute atomic E-state index is 0.231. The summed E-state index contributed by atoms with van der Waals surface area (Å²) in [5, 5.41) is 0.817. The first-order chi connectivity index (χ1) is 16.0. The molecule has 1 aliphatic rings. The second kappa shape index (κ2) is 10.7. The number of benzodiazepines with no additional fused rings is 1. The molecule has 0 saturated carbocycles. The Balaban J connectivity index is 0.000000248. The molecule has 1 aliphatic heterocycles. The highest BCUT2D eigenvalue weighted by molar-refractivity contribution is 6.35. The van der Waals surface area contributed by atoms with Crippen LogP contribution in [0.3, 0.4) is 0 Å². The molecular formula is C24H18Cl2F3N3O2. The molecular weight excluding hydrogens is 490 g/mol. The Bertz CT molecular complexity index is 1210. The van der Waals surface area contributed by atoms with E-state index in [0.717, 1.165) is 10.5 Å². The first kappa shape index (κ1) is 25.3. The molecule has 10 heteroatoms. The van der Waals surface area contributed by atoms with Crippen LogP contribution in [0, 0.1) is 0 Å². The van der Waals surface area contributed by atoms with Crippen LogP contribution in [0.25, 0.3) is 0 Å². The molecule has 3 aromatic carbocycles. The summed E-state index contributed by atoms with van der Waals surface area (Å²) in [5.74, 6) is -1.20. The normalized spacial score (nSPS) is 13.3. The van der Waals surface area contributed by atoms with Crippen molar-refractivity contribution in [1.82, 2.24) is 0 Å². The third-order valence-electron chi connectivity index (χ3n) is 4.66. The predicted octanol–water partition coefficient (Wildman–Crippen LogP) is 5.53. The zero-order valence-corrected chi connectivity index (χ0v) is 19.0. The molecule has 0 fully saturated rings. The maximum absolute atomic E-state index is 12.8. The number of anilines is 1. The Morgan fingerprint density at radius 2 is 1.56 bits per heavy atom. The Hall–Kier alpha value is -3.36. The Morgan fingerprint density at radius 1 is 0.971 bits per heavy atom. The number of para-hydroxylation sites is 1. The minimum Gasteiger partial charge on any atom is -0.366 e. The lowest BCUT2D eigenvalue weighted by atomic mass is 10.0. The van der Waals surface area contributed by atoms with Gasteiger partial charge >= 0.3 is 6.18 Å². The lowest BCUT2D eigenvalue weighted by Gasteiger charge is -2.24. The molecule has 0 atom stereocenters. The van der Waals surface area contributed by atoms with Crippen molar-refractivity contribution >= 4 is 46.4 Å². The molecule has 1 heterocycles. The summed E-state index contributed by atoms with van der Waals surface area (Å²) in [5.41, 5.74) is 7.36. The number of nitrogens with zero attached hydrogens (tertiary/aromatic N) is 2. The van der Waals surface area contributed by atoms with E-state index in [1.54, 1.807) is 18.2 Å². The number of carbonyl (C=O) groups excluding carboxylic acids is 2. The largest absolute Gasteiger partial charge is 0.406 e. The number of rotatable bonds is 3. The first-order valence-electron chi connectivity index (χ1n) is 9.87. The summed E-state index contributed by atoms with van der Waals surface area (Å²) >= 11 is 11.2. The molecule has 0 aromatic heterocycles. The predicted molar refractivity (Wildman–Crippen MR) is 127 cm³/mol. The number of hydrogen-bond acceptors (Lipinski definition) is 3. The van der Waals surface area contributed by atoms with Crippen LogP contribution in [-0.2, 0) is 4.79 Å². The van der Waals surface area contributed by atoms with Gasteiger partial charge < -0.3 is 10.6 Å².